The summed E-state index contributed by atoms with van der Waals surface area (Å²) >= 11 is 7.78. The molecule has 0 atom stereocenters. The van der Waals surface area contributed by atoms with E-state index in [4.69, 9.17) is 11.6 Å². The van der Waals surface area contributed by atoms with Crippen LogP contribution in [-0.2, 0) is 6.42 Å². The first-order valence-corrected chi connectivity index (χ1v) is 6.04. The summed E-state index contributed by atoms with van der Waals surface area (Å²) in [7, 11) is 0. The van der Waals surface area contributed by atoms with Gasteiger partial charge in [0.05, 0.1) is 5.60 Å². The molecule has 1 aromatic heterocycles. The summed E-state index contributed by atoms with van der Waals surface area (Å²) in [5.41, 5.74) is -0.659. The average molecular weight is 241 g/mol. The van der Waals surface area contributed by atoms with Crippen LogP contribution in [0.3, 0.4) is 0 Å². The standard InChI is InChI=1S/C12H13ClOS/c1-12(2,14)7-8-6-9-10(13)4-3-5-11(9)15-8/h3-6,14H,7H2,1-2H3. The normalized spacial score (nSPS) is 12.3. The second kappa shape index (κ2) is 3.78. The van der Waals surface area contributed by atoms with E-state index in [1.807, 2.05) is 26.0 Å². The van der Waals surface area contributed by atoms with Crippen molar-refractivity contribution in [2.24, 2.45) is 0 Å². The maximum atomic E-state index is 9.74. The smallest absolute Gasteiger partial charge is 0.0639 e. The van der Waals surface area contributed by atoms with Gasteiger partial charge in [0.15, 0.2) is 0 Å². The maximum absolute atomic E-state index is 9.74. The summed E-state index contributed by atoms with van der Waals surface area (Å²) in [6, 6.07) is 7.97. The van der Waals surface area contributed by atoms with Crippen LogP contribution in [0, 0.1) is 0 Å². The number of thiophene rings is 1. The van der Waals surface area contributed by atoms with E-state index in [0.717, 1.165) is 10.4 Å². The summed E-state index contributed by atoms with van der Waals surface area (Å²) in [6.45, 7) is 3.64. The number of hydrogen-bond donors (Lipinski definition) is 1. The molecule has 1 N–H and O–H groups in total. The second-order valence-electron chi connectivity index (χ2n) is 4.35. The lowest BCUT2D eigenvalue weighted by molar-refractivity contribution is 0.0819. The minimum Gasteiger partial charge on any atom is -0.390 e. The second-order valence-corrected chi connectivity index (χ2v) is 5.93. The molecule has 0 fully saturated rings. The molecule has 0 saturated carbocycles. The minimum atomic E-state index is -0.659. The van der Waals surface area contributed by atoms with E-state index in [2.05, 4.69) is 12.1 Å². The fourth-order valence-electron chi connectivity index (χ4n) is 1.59. The lowest BCUT2D eigenvalue weighted by atomic mass is 10.0. The SMILES string of the molecule is CC(C)(O)Cc1cc2c(Cl)cccc2s1. The molecule has 2 rings (SSSR count). The Morgan fingerprint density at radius 3 is 2.73 bits per heavy atom. The van der Waals surface area contributed by atoms with Gasteiger partial charge in [-0.15, -0.1) is 11.3 Å². The van der Waals surface area contributed by atoms with Crippen molar-refractivity contribution in [2.75, 3.05) is 0 Å². The fourth-order valence-corrected chi connectivity index (χ4v) is 3.19. The fraction of sp³-hybridized carbons (Fsp3) is 0.333. The van der Waals surface area contributed by atoms with Gasteiger partial charge in [-0.25, -0.2) is 0 Å². The van der Waals surface area contributed by atoms with E-state index in [0.29, 0.717) is 6.42 Å². The molecule has 0 radical (unpaired) electrons. The van der Waals surface area contributed by atoms with Crippen molar-refractivity contribution in [2.45, 2.75) is 25.9 Å². The molecule has 1 heterocycles. The number of halogens is 1. The molecule has 0 spiro atoms. The van der Waals surface area contributed by atoms with Crippen molar-refractivity contribution in [1.29, 1.82) is 0 Å². The van der Waals surface area contributed by atoms with Crippen molar-refractivity contribution >= 4 is 33.0 Å². The third-order valence-corrected chi connectivity index (χ3v) is 3.60. The van der Waals surface area contributed by atoms with Gasteiger partial charge >= 0.3 is 0 Å². The van der Waals surface area contributed by atoms with Gasteiger partial charge < -0.3 is 5.11 Å². The molecule has 1 nitrogen and oxygen atoms in total. The van der Waals surface area contributed by atoms with Gasteiger partial charge in [-0.2, -0.15) is 0 Å². The molecule has 80 valence electrons. The van der Waals surface area contributed by atoms with Crippen LogP contribution in [0.1, 0.15) is 18.7 Å². The monoisotopic (exact) mass is 240 g/mol. The van der Waals surface area contributed by atoms with E-state index in [1.165, 1.54) is 9.58 Å². The molecule has 0 amide bonds. The number of hydrogen-bond acceptors (Lipinski definition) is 2. The summed E-state index contributed by atoms with van der Waals surface area (Å²) in [4.78, 5) is 1.17. The first-order valence-electron chi connectivity index (χ1n) is 4.85. The molecule has 0 aliphatic carbocycles. The number of fused-ring (bicyclic) bond motifs is 1. The van der Waals surface area contributed by atoms with Gasteiger partial charge in [0.1, 0.15) is 0 Å². The Kier molecular flexibility index (Phi) is 2.75. The van der Waals surface area contributed by atoms with Crippen LogP contribution in [-0.4, -0.2) is 10.7 Å². The van der Waals surface area contributed by atoms with Crippen LogP contribution < -0.4 is 0 Å². The number of benzene rings is 1. The highest BCUT2D eigenvalue weighted by atomic mass is 35.5. The number of aliphatic hydroxyl groups is 1. The highest BCUT2D eigenvalue weighted by molar-refractivity contribution is 7.19. The van der Waals surface area contributed by atoms with Gasteiger partial charge in [0, 0.05) is 26.4 Å². The van der Waals surface area contributed by atoms with E-state index >= 15 is 0 Å². The Morgan fingerprint density at radius 2 is 2.13 bits per heavy atom. The summed E-state index contributed by atoms with van der Waals surface area (Å²) in [6.07, 6.45) is 0.669. The van der Waals surface area contributed by atoms with Gasteiger partial charge in [-0.3, -0.25) is 0 Å². The Morgan fingerprint density at radius 1 is 1.40 bits per heavy atom. The minimum absolute atomic E-state index is 0.659. The maximum Gasteiger partial charge on any atom is 0.0639 e. The van der Waals surface area contributed by atoms with Crippen LogP contribution in [0.25, 0.3) is 10.1 Å². The number of rotatable bonds is 2. The Balaban J connectivity index is 2.44. The van der Waals surface area contributed by atoms with Gasteiger partial charge in [0.25, 0.3) is 0 Å². The zero-order valence-electron chi connectivity index (χ0n) is 8.75. The lowest BCUT2D eigenvalue weighted by Gasteiger charge is -2.14. The molecular formula is C12H13ClOS. The molecule has 15 heavy (non-hydrogen) atoms. The lowest BCUT2D eigenvalue weighted by Crippen LogP contribution is -2.20. The van der Waals surface area contributed by atoms with E-state index in [-0.39, 0.29) is 0 Å². The van der Waals surface area contributed by atoms with E-state index < -0.39 is 5.60 Å². The van der Waals surface area contributed by atoms with Gasteiger partial charge in [0.2, 0.25) is 0 Å². The molecule has 0 bridgehead atoms. The van der Waals surface area contributed by atoms with Crippen molar-refractivity contribution in [3.63, 3.8) is 0 Å². The third kappa shape index (κ3) is 2.51. The molecule has 0 aliphatic heterocycles. The highest BCUT2D eigenvalue weighted by Crippen LogP contribution is 2.32. The van der Waals surface area contributed by atoms with Crippen LogP contribution in [0.2, 0.25) is 5.02 Å². The predicted molar refractivity (Wildman–Crippen MR) is 66.8 cm³/mol. The highest BCUT2D eigenvalue weighted by Gasteiger charge is 2.15. The summed E-state index contributed by atoms with van der Waals surface area (Å²) in [5, 5.41) is 11.6. The Bertz CT molecular complexity index is 482. The first-order chi connectivity index (χ1) is 6.96. The summed E-state index contributed by atoms with van der Waals surface area (Å²) in [5.74, 6) is 0. The largest absolute Gasteiger partial charge is 0.390 e. The third-order valence-electron chi connectivity index (χ3n) is 2.17. The molecular weight excluding hydrogens is 228 g/mol. The molecule has 0 aliphatic rings. The van der Waals surface area contributed by atoms with E-state index in [1.54, 1.807) is 11.3 Å². The zero-order chi connectivity index (χ0) is 11.1. The molecule has 0 unspecified atom stereocenters. The average Bonchev–Trinajstić information content (AvgIpc) is 2.45. The topological polar surface area (TPSA) is 20.2 Å². The zero-order valence-corrected chi connectivity index (χ0v) is 10.3. The van der Waals surface area contributed by atoms with Gasteiger partial charge in [-0.05, 0) is 32.0 Å². The van der Waals surface area contributed by atoms with Crippen LogP contribution >= 0.6 is 22.9 Å². The molecule has 3 heteroatoms. The Hall–Kier alpha value is -0.570. The quantitative estimate of drug-likeness (QED) is 0.845. The van der Waals surface area contributed by atoms with Crippen LogP contribution in [0.4, 0.5) is 0 Å². The van der Waals surface area contributed by atoms with Crippen molar-refractivity contribution in [1.82, 2.24) is 0 Å². The first kappa shape index (κ1) is 10.9. The molecule has 2 aromatic rings. The van der Waals surface area contributed by atoms with E-state index in [9.17, 15) is 5.11 Å². The van der Waals surface area contributed by atoms with Crippen molar-refractivity contribution < 1.29 is 5.11 Å². The predicted octanol–water partition coefficient (Wildman–Crippen LogP) is 3.87. The Labute approximate surface area is 98.3 Å². The van der Waals surface area contributed by atoms with Crippen molar-refractivity contribution in [3.05, 3.63) is 34.2 Å². The van der Waals surface area contributed by atoms with Crippen molar-refractivity contribution in [3.8, 4) is 0 Å². The molecule has 0 saturated heterocycles. The summed E-state index contributed by atoms with van der Waals surface area (Å²) < 4.78 is 1.18. The van der Waals surface area contributed by atoms with Gasteiger partial charge in [-0.1, -0.05) is 17.7 Å². The van der Waals surface area contributed by atoms with Crippen LogP contribution in [0.15, 0.2) is 24.3 Å². The van der Waals surface area contributed by atoms with Crippen LogP contribution in [0.5, 0.6) is 0 Å². The molecule has 1 aromatic carbocycles.